The normalized spacial score (nSPS) is 10.3. The molecule has 0 saturated heterocycles. The van der Waals surface area contributed by atoms with Crippen LogP contribution in [0.1, 0.15) is 0 Å². The van der Waals surface area contributed by atoms with Crippen LogP contribution < -0.4 is 10.6 Å². The third-order valence-corrected chi connectivity index (χ3v) is 3.25. The smallest absolute Gasteiger partial charge is 0.175 e. The largest absolute Gasteiger partial charge is 0.330 e. The Morgan fingerprint density at radius 3 is 2.19 bits per heavy atom. The number of thiocarbonyl (C=S) groups is 1. The standard InChI is InChI=1S/C13H7BrF4N2S/c14-8-3-7(16)5-10(18)12(8)20-13(21)19-11-2-1-6(15)4-9(11)17/h1-5H,(H2,19,20,21). The Hall–Kier alpha value is -1.67. The molecule has 0 radical (unpaired) electrons. The van der Waals surface area contributed by atoms with Crippen LogP contribution in [-0.2, 0) is 0 Å². The van der Waals surface area contributed by atoms with Crippen LogP contribution in [0.15, 0.2) is 34.8 Å². The van der Waals surface area contributed by atoms with E-state index in [0.29, 0.717) is 12.1 Å². The predicted molar refractivity (Wildman–Crippen MR) is 80.3 cm³/mol. The second kappa shape index (κ2) is 6.40. The van der Waals surface area contributed by atoms with Crippen LogP contribution in [0.3, 0.4) is 0 Å². The SMILES string of the molecule is Fc1ccc(NC(=S)Nc2c(F)cc(F)cc2Br)c(F)c1. The van der Waals surface area contributed by atoms with Crippen molar-refractivity contribution in [2.75, 3.05) is 10.6 Å². The van der Waals surface area contributed by atoms with E-state index in [0.717, 1.165) is 18.2 Å². The lowest BCUT2D eigenvalue weighted by Gasteiger charge is -2.13. The average Bonchev–Trinajstić information content (AvgIpc) is 2.37. The summed E-state index contributed by atoms with van der Waals surface area (Å²) in [6, 6.07) is 4.59. The summed E-state index contributed by atoms with van der Waals surface area (Å²) in [5, 5.41) is 4.79. The van der Waals surface area contributed by atoms with Gasteiger partial charge in [0.2, 0.25) is 0 Å². The Labute approximate surface area is 131 Å². The highest BCUT2D eigenvalue weighted by molar-refractivity contribution is 9.10. The van der Waals surface area contributed by atoms with Crippen LogP contribution in [-0.4, -0.2) is 5.11 Å². The maximum absolute atomic E-state index is 13.6. The van der Waals surface area contributed by atoms with E-state index in [-0.39, 0.29) is 21.0 Å². The maximum Gasteiger partial charge on any atom is 0.175 e. The van der Waals surface area contributed by atoms with Gasteiger partial charge >= 0.3 is 0 Å². The van der Waals surface area contributed by atoms with Crippen LogP contribution in [0.25, 0.3) is 0 Å². The number of hydrogen-bond acceptors (Lipinski definition) is 1. The topological polar surface area (TPSA) is 24.1 Å². The van der Waals surface area contributed by atoms with E-state index in [1.807, 2.05) is 0 Å². The van der Waals surface area contributed by atoms with Crippen LogP contribution in [0, 0.1) is 23.3 Å². The molecule has 2 rings (SSSR count). The second-order valence-electron chi connectivity index (χ2n) is 3.95. The molecule has 0 bridgehead atoms. The van der Waals surface area contributed by atoms with Crippen molar-refractivity contribution in [3.63, 3.8) is 0 Å². The van der Waals surface area contributed by atoms with Gasteiger partial charge in [0, 0.05) is 16.6 Å². The third-order valence-electron chi connectivity index (χ3n) is 2.42. The Kier molecular flexibility index (Phi) is 4.79. The summed E-state index contributed by atoms with van der Waals surface area (Å²) < 4.78 is 52.9. The van der Waals surface area contributed by atoms with Crippen LogP contribution in [0.4, 0.5) is 28.9 Å². The molecule has 0 spiro atoms. The van der Waals surface area contributed by atoms with E-state index in [2.05, 4.69) is 26.6 Å². The minimum atomic E-state index is -0.870. The summed E-state index contributed by atoms with van der Waals surface area (Å²) in [5.74, 6) is -3.21. The molecular weight excluding hydrogens is 372 g/mol. The molecule has 0 aliphatic heterocycles. The van der Waals surface area contributed by atoms with Gasteiger partial charge in [0.05, 0.1) is 11.4 Å². The first kappa shape index (κ1) is 15.7. The van der Waals surface area contributed by atoms with E-state index >= 15 is 0 Å². The minimum absolute atomic E-state index is 0.0763. The van der Waals surface area contributed by atoms with Gasteiger partial charge in [-0.3, -0.25) is 0 Å². The zero-order valence-corrected chi connectivity index (χ0v) is 12.6. The number of halogens is 5. The summed E-state index contributed by atoms with van der Waals surface area (Å²) in [7, 11) is 0. The fourth-order valence-electron chi connectivity index (χ4n) is 1.52. The molecule has 0 unspecified atom stereocenters. The monoisotopic (exact) mass is 378 g/mol. The molecule has 0 aliphatic rings. The Morgan fingerprint density at radius 2 is 1.57 bits per heavy atom. The van der Waals surface area contributed by atoms with Gasteiger partial charge < -0.3 is 10.6 Å². The zero-order chi connectivity index (χ0) is 15.6. The molecule has 2 aromatic carbocycles. The lowest BCUT2D eigenvalue weighted by molar-refractivity contribution is 0.585. The summed E-state index contributed by atoms with van der Waals surface area (Å²) >= 11 is 7.88. The van der Waals surface area contributed by atoms with Crippen molar-refractivity contribution in [1.29, 1.82) is 0 Å². The first-order valence-electron chi connectivity index (χ1n) is 5.54. The summed E-state index contributed by atoms with van der Waals surface area (Å²) in [6.07, 6.45) is 0. The van der Waals surface area contributed by atoms with Crippen molar-refractivity contribution in [3.8, 4) is 0 Å². The number of benzene rings is 2. The lowest BCUT2D eigenvalue weighted by atomic mass is 10.3. The Bertz CT molecular complexity index is 686. The fourth-order valence-corrected chi connectivity index (χ4v) is 2.24. The van der Waals surface area contributed by atoms with E-state index in [4.69, 9.17) is 12.2 Å². The highest BCUT2D eigenvalue weighted by Crippen LogP contribution is 2.27. The molecule has 2 nitrogen and oxygen atoms in total. The van der Waals surface area contributed by atoms with Gasteiger partial charge in [-0.25, -0.2) is 17.6 Å². The molecule has 2 N–H and O–H groups in total. The van der Waals surface area contributed by atoms with Gasteiger partial charge in [0.15, 0.2) is 10.9 Å². The summed E-state index contributed by atoms with van der Waals surface area (Å²) in [6.45, 7) is 0. The number of rotatable bonds is 2. The van der Waals surface area contributed by atoms with Crippen molar-refractivity contribution in [2.24, 2.45) is 0 Å². The first-order valence-corrected chi connectivity index (χ1v) is 6.74. The summed E-state index contributed by atoms with van der Waals surface area (Å²) in [5.41, 5.74) is -0.177. The molecule has 8 heteroatoms. The van der Waals surface area contributed by atoms with Gasteiger partial charge in [-0.2, -0.15) is 0 Å². The zero-order valence-electron chi connectivity index (χ0n) is 10.2. The van der Waals surface area contributed by atoms with E-state index in [9.17, 15) is 17.6 Å². The molecule has 0 fully saturated rings. The average molecular weight is 379 g/mol. The van der Waals surface area contributed by atoms with Gasteiger partial charge in [-0.15, -0.1) is 0 Å². The molecule has 0 heterocycles. The molecule has 0 amide bonds. The Balaban J connectivity index is 2.16. The van der Waals surface area contributed by atoms with E-state index in [1.165, 1.54) is 0 Å². The molecule has 0 saturated carbocycles. The third kappa shape index (κ3) is 3.92. The summed E-state index contributed by atoms with van der Waals surface area (Å²) in [4.78, 5) is 0. The molecule has 2 aromatic rings. The van der Waals surface area contributed by atoms with Crippen molar-refractivity contribution in [3.05, 3.63) is 58.1 Å². The quantitative estimate of drug-likeness (QED) is 0.578. The number of hydrogen-bond donors (Lipinski definition) is 2. The highest BCUT2D eigenvalue weighted by Gasteiger charge is 2.12. The van der Waals surface area contributed by atoms with Crippen molar-refractivity contribution >= 4 is 44.6 Å². The minimum Gasteiger partial charge on any atom is -0.330 e. The maximum atomic E-state index is 13.6. The van der Waals surface area contributed by atoms with E-state index < -0.39 is 23.3 Å². The molecule has 110 valence electrons. The molecular formula is C13H7BrF4N2S. The second-order valence-corrected chi connectivity index (χ2v) is 5.21. The van der Waals surface area contributed by atoms with Crippen molar-refractivity contribution in [1.82, 2.24) is 0 Å². The first-order chi connectivity index (χ1) is 9.86. The van der Waals surface area contributed by atoms with E-state index in [1.54, 1.807) is 0 Å². The van der Waals surface area contributed by atoms with Crippen LogP contribution in [0.2, 0.25) is 0 Å². The van der Waals surface area contributed by atoms with Gasteiger partial charge in [-0.1, -0.05) is 0 Å². The number of anilines is 2. The molecule has 21 heavy (non-hydrogen) atoms. The van der Waals surface area contributed by atoms with Gasteiger partial charge in [0.1, 0.15) is 17.5 Å². The van der Waals surface area contributed by atoms with Gasteiger partial charge in [-0.05, 0) is 46.3 Å². The van der Waals surface area contributed by atoms with Gasteiger partial charge in [0.25, 0.3) is 0 Å². The molecule has 0 aromatic heterocycles. The molecule has 0 aliphatic carbocycles. The van der Waals surface area contributed by atoms with Crippen LogP contribution >= 0.6 is 28.1 Å². The fraction of sp³-hybridized carbons (Fsp3) is 0. The van der Waals surface area contributed by atoms with Crippen molar-refractivity contribution in [2.45, 2.75) is 0 Å². The predicted octanol–water partition coefficient (Wildman–Crippen LogP) is 4.81. The number of nitrogens with one attached hydrogen (secondary N) is 2. The molecule has 0 atom stereocenters. The van der Waals surface area contributed by atoms with Crippen LogP contribution in [0.5, 0.6) is 0 Å². The lowest BCUT2D eigenvalue weighted by Crippen LogP contribution is -2.21. The van der Waals surface area contributed by atoms with Crippen molar-refractivity contribution < 1.29 is 17.6 Å². The highest BCUT2D eigenvalue weighted by atomic mass is 79.9. The Morgan fingerprint density at radius 1 is 0.905 bits per heavy atom.